The molecule has 0 fully saturated rings. The first-order valence-electron chi connectivity index (χ1n) is 7.09. The molecule has 21 heavy (non-hydrogen) atoms. The van der Waals surface area contributed by atoms with E-state index in [1.165, 1.54) is 17.7 Å². The van der Waals surface area contributed by atoms with E-state index in [0.29, 0.717) is 0 Å². The van der Waals surface area contributed by atoms with Gasteiger partial charge in [-0.2, -0.15) is 0 Å². The van der Waals surface area contributed by atoms with E-state index in [2.05, 4.69) is 26.1 Å². The van der Waals surface area contributed by atoms with Crippen molar-refractivity contribution in [2.75, 3.05) is 0 Å². The second-order valence-corrected chi connectivity index (χ2v) is 6.79. The van der Waals surface area contributed by atoms with Crippen molar-refractivity contribution in [1.29, 1.82) is 0 Å². The van der Waals surface area contributed by atoms with E-state index in [1.807, 2.05) is 36.4 Å². The minimum absolute atomic E-state index is 0.0320. The molecular weight excluding hydrogens is 285 g/mol. The lowest BCUT2D eigenvalue weighted by Gasteiger charge is -2.32. The summed E-state index contributed by atoms with van der Waals surface area (Å²) in [7, 11) is 0. The lowest BCUT2D eigenvalue weighted by Crippen LogP contribution is -2.32. The van der Waals surface area contributed by atoms with E-state index in [4.69, 9.17) is 11.6 Å². The minimum atomic E-state index is -0.205. The van der Waals surface area contributed by atoms with Crippen LogP contribution in [0, 0.1) is 11.2 Å². The smallest absolute Gasteiger partial charge is 0.123 e. The highest BCUT2D eigenvalue weighted by atomic mass is 35.5. The third-order valence-electron chi connectivity index (χ3n) is 3.49. The maximum Gasteiger partial charge on any atom is 0.123 e. The third kappa shape index (κ3) is 4.55. The van der Waals surface area contributed by atoms with E-state index in [0.717, 1.165) is 17.1 Å². The molecule has 112 valence electrons. The first kappa shape index (κ1) is 16.0. The maximum absolute atomic E-state index is 13.1. The van der Waals surface area contributed by atoms with Gasteiger partial charge in [-0.3, -0.25) is 0 Å². The number of rotatable bonds is 4. The summed E-state index contributed by atoms with van der Waals surface area (Å²) < 4.78 is 13.1. The second-order valence-electron chi connectivity index (χ2n) is 6.36. The van der Waals surface area contributed by atoms with Crippen molar-refractivity contribution >= 4 is 11.6 Å². The molecule has 0 amide bonds. The molecule has 1 unspecified atom stereocenters. The number of hydrogen-bond acceptors (Lipinski definition) is 1. The van der Waals surface area contributed by atoms with Crippen LogP contribution in [0.25, 0.3) is 0 Å². The van der Waals surface area contributed by atoms with E-state index < -0.39 is 0 Å². The van der Waals surface area contributed by atoms with Crippen molar-refractivity contribution < 1.29 is 4.39 Å². The van der Waals surface area contributed by atoms with Gasteiger partial charge in [-0.05, 0) is 40.8 Å². The fourth-order valence-electron chi connectivity index (χ4n) is 2.40. The Bertz CT molecular complexity index is 570. The van der Waals surface area contributed by atoms with Gasteiger partial charge >= 0.3 is 0 Å². The van der Waals surface area contributed by atoms with E-state index in [-0.39, 0.29) is 17.3 Å². The number of benzene rings is 2. The lowest BCUT2D eigenvalue weighted by molar-refractivity contribution is 0.271. The zero-order valence-electron chi connectivity index (χ0n) is 12.7. The fraction of sp³-hybridized carbons (Fsp3) is 0.333. The first-order valence-corrected chi connectivity index (χ1v) is 7.47. The second kappa shape index (κ2) is 6.59. The Morgan fingerprint density at radius 3 is 2.10 bits per heavy atom. The van der Waals surface area contributed by atoms with Crippen molar-refractivity contribution in [1.82, 2.24) is 5.32 Å². The molecule has 0 heterocycles. The molecule has 2 rings (SSSR count). The van der Waals surface area contributed by atoms with Crippen molar-refractivity contribution in [3.63, 3.8) is 0 Å². The maximum atomic E-state index is 13.1. The van der Waals surface area contributed by atoms with Gasteiger partial charge in [-0.1, -0.05) is 56.6 Å². The Hall–Kier alpha value is -1.38. The highest BCUT2D eigenvalue weighted by Crippen LogP contribution is 2.33. The molecule has 1 atom stereocenters. The molecule has 0 spiro atoms. The van der Waals surface area contributed by atoms with Crippen molar-refractivity contribution in [3.05, 3.63) is 70.5 Å². The Morgan fingerprint density at radius 2 is 1.57 bits per heavy atom. The summed E-state index contributed by atoms with van der Waals surface area (Å²) in [4.78, 5) is 0. The molecule has 2 aromatic rings. The monoisotopic (exact) mass is 305 g/mol. The van der Waals surface area contributed by atoms with Gasteiger partial charge in [0.2, 0.25) is 0 Å². The van der Waals surface area contributed by atoms with Crippen LogP contribution in [-0.2, 0) is 6.54 Å². The predicted octanol–water partition coefficient (Wildman–Crippen LogP) is 5.36. The summed E-state index contributed by atoms with van der Waals surface area (Å²) in [5, 5.41) is 4.31. The zero-order valence-corrected chi connectivity index (χ0v) is 13.4. The lowest BCUT2D eigenvalue weighted by atomic mass is 9.82. The number of halogens is 2. The average molecular weight is 306 g/mol. The Morgan fingerprint density at radius 1 is 1.00 bits per heavy atom. The zero-order chi connectivity index (χ0) is 15.5. The van der Waals surface area contributed by atoms with E-state index in [9.17, 15) is 4.39 Å². The van der Waals surface area contributed by atoms with Crippen LogP contribution in [0.15, 0.2) is 48.5 Å². The van der Waals surface area contributed by atoms with E-state index in [1.54, 1.807) is 0 Å². The number of hydrogen-bond donors (Lipinski definition) is 1. The van der Waals surface area contributed by atoms with Crippen molar-refractivity contribution in [2.24, 2.45) is 5.41 Å². The largest absolute Gasteiger partial charge is 0.305 e. The summed E-state index contributed by atoms with van der Waals surface area (Å²) in [6.07, 6.45) is 0. The van der Waals surface area contributed by atoms with Crippen molar-refractivity contribution in [2.45, 2.75) is 33.4 Å². The highest BCUT2D eigenvalue weighted by molar-refractivity contribution is 6.30. The van der Waals surface area contributed by atoms with Crippen LogP contribution in [0.2, 0.25) is 5.02 Å². The standard InChI is InChI=1S/C18H21ClFN/c1-18(2,3)17(14-6-10-16(20)11-7-14)21-12-13-4-8-15(19)9-5-13/h4-11,17,21H,12H2,1-3H3. The summed E-state index contributed by atoms with van der Waals surface area (Å²) in [5.74, 6) is -0.205. The van der Waals surface area contributed by atoms with Gasteiger partial charge in [0.05, 0.1) is 0 Å². The SMILES string of the molecule is CC(C)(C)C(NCc1ccc(Cl)cc1)c1ccc(F)cc1. The summed E-state index contributed by atoms with van der Waals surface area (Å²) in [6.45, 7) is 7.28. The van der Waals surface area contributed by atoms with Gasteiger partial charge in [0.1, 0.15) is 5.82 Å². The molecule has 0 radical (unpaired) electrons. The minimum Gasteiger partial charge on any atom is -0.305 e. The molecule has 0 bridgehead atoms. The van der Waals surface area contributed by atoms with Crippen LogP contribution in [0.4, 0.5) is 4.39 Å². The van der Waals surface area contributed by atoms with Crippen LogP contribution in [0.3, 0.4) is 0 Å². The van der Waals surface area contributed by atoms with Crippen LogP contribution >= 0.6 is 11.6 Å². The van der Waals surface area contributed by atoms with Gasteiger partial charge in [-0.15, -0.1) is 0 Å². The molecular formula is C18H21ClFN. The predicted molar refractivity (Wildman–Crippen MR) is 86.9 cm³/mol. The normalized spacial score (nSPS) is 13.2. The molecule has 0 saturated carbocycles. The van der Waals surface area contributed by atoms with Gasteiger partial charge in [-0.25, -0.2) is 4.39 Å². The molecule has 1 nitrogen and oxygen atoms in total. The summed E-state index contributed by atoms with van der Waals surface area (Å²) in [5.41, 5.74) is 2.30. The Labute approximate surface area is 131 Å². The molecule has 0 aliphatic carbocycles. The molecule has 0 aromatic heterocycles. The van der Waals surface area contributed by atoms with Gasteiger partial charge in [0, 0.05) is 17.6 Å². The Balaban J connectivity index is 2.14. The summed E-state index contributed by atoms with van der Waals surface area (Å²) >= 11 is 5.90. The quantitative estimate of drug-likeness (QED) is 0.802. The number of nitrogens with one attached hydrogen (secondary N) is 1. The molecule has 0 aliphatic rings. The Kier molecular flexibility index (Phi) is 5.02. The molecule has 2 aromatic carbocycles. The first-order chi connectivity index (χ1) is 9.86. The van der Waals surface area contributed by atoms with Gasteiger partial charge < -0.3 is 5.32 Å². The topological polar surface area (TPSA) is 12.0 Å². The molecule has 0 aliphatic heterocycles. The van der Waals surface area contributed by atoms with Crippen LogP contribution in [0.5, 0.6) is 0 Å². The van der Waals surface area contributed by atoms with Gasteiger partial charge in [0.25, 0.3) is 0 Å². The van der Waals surface area contributed by atoms with Gasteiger partial charge in [0.15, 0.2) is 0 Å². The van der Waals surface area contributed by atoms with Crippen molar-refractivity contribution in [3.8, 4) is 0 Å². The summed E-state index contributed by atoms with van der Waals surface area (Å²) in [6, 6.07) is 14.7. The average Bonchev–Trinajstić information content (AvgIpc) is 2.42. The highest BCUT2D eigenvalue weighted by Gasteiger charge is 2.25. The third-order valence-corrected chi connectivity index (χ3v) is 3.74. The van der Waals surface area contributed by atoms with Crippen LogP contribution in [0.1, 0.15) is 37.9 Å². The molecule has 3 heteroatoms. The van der Waals surface area contributed by atoms with Crippen LogP contribution in [-0.4, -0.2) is 0 Å². The molecule has 1 N–H and O–H groups in total. The van der Waals surface area contributed by atoms with Crippen LogP contribution < -0.4 is 5.32 Å². The van der Waals surface area contributed by atoms with E-state index >= 15 is 0 Å². The fourth-order valence-corrected chi connectivity index (χ4v) is 2.53. The molecule has 0 saturated heterocycles.